The highest BCUT2D eigenvalue weighted by molar-refractivity contribution is 4.99. The molecular weight excluding hydrogens is 220 g/mol. The zero-order valence-corrected chi connectivity index (χ0v) is 13.1. The molecule has 2 rings (SSSR count). The smallest absolute Gasteiger partial charge is 0.0244 e. The Labute approximate surface area is 114 Å². The van der Waals surface area contributed by atoms with Crippen LogP contribution in [-0.4, -0.2) is 36.6 Å². The Hall–Kier alpha value is -0.0800. The van der Waals surface area contributed by atoms with E-state index in [1.807, 2.05) is 0 Å². The Bertz CT molecular complexity index is 275. The average Bonchev–Trinajstić information content (AvgIpc) is 3.08. The monoisotopic (exact) mass is 252 g/mol. The summed E-state index contributed by atoms with van der Waals surface area (Å²) in [6, 6.07) is 1.40. The summed E-state index contributed by atoms with van der Waals surface area (Å²) in [5.41, 5.74) is 1.06. The van der Waals surface area contributed by atoms with Gasteiger partial charge in [0.05, 0.1) is 0 Å². The lowest BCUT2D eigenvalue weighted by Gasteiger charge is -2.46. The van der Waals surface area contributed by atoms with Gasteiger partial charge in [-0.3, -0.25) is 4.90 Å². The molecule has 0 aromatic rings. The first kappa shape index (κ1) is 14.3. The van der Waals surface area contributed by atoms with Gasteiger partial charge in [-0.05, 0) is 36.5 Å². The van der Waals surface area contributed by atoms with Crippen molar-refractivity contribution in [2.75, 3.05) is 19.6 Å². The van der Waals surface area contributed by atoms with Crippen molar-refractivity contribution in [1.29, 1.82) is 0 Å². The topological polar surface area (TPSA) is 15.3 Å². The molecule has 2 unspecified atom stereocenters. The standard InChI is InChI=1S/C16H32N2/c1-6-13-10-17-14(15(3,4)5)11-18(13)12-16(7-2)8-9-16/h13-14,17H,6-12H2,1-5H3. The number of hydrogen-bond acceptors (Lipinski definition) is 2. The lowest BCUT2D eigenvalue weighted by atomic mass is 9.84. The molecule has 0 aromatic carbocycles. The molecule has 0 bridgehead atoms. The predicted molar refractivity (Wildman–Crippen MR) is 78.9 cm³/mol. The first-order valence-corrected chi connectivity index (χ1v) is 7.87. The largest absolute Gasteiger partial charge is 0.311 e. The number of nitrogens with zero attached hydrogens (tertiary/aromatic N) is 1. The van der Waals surface area contributed by atoms with Crippen LogP contribution >= 0.6 is 0 Å². The van der Waals surface area contributed by atoms with E-state index in [9.17, 15) is 0 Å². The van der Waals surface area contributed by atoms with Crippen LogP contribution < -0.4 is 5.32 Å². The van der Waals surface area contributed by atoms with Gasteiger partial charge in [0.2, 0.25) is 0 Å². The summed E-state index contributed by atoms with van der Waals surface area (Å²) >= 11 is 0. The highest BCUT2D eigenvalue weighted by Crippen LogP contribution is 2.49. The third kappa shape index (κ3) is 3.08. The van der Waals surface area contributed by atoms with Crippen molar-refractivity contribution in [3.63, 3.8) is 0 Å². The lowest BCUT2D eigenvalue weighted by Crippen LogP contribution is -2.60. The molecule has 0 radical (unpaired) electrons. The molecule has 2 aliphatic rings. The minimum atomic E-state index is 0.375. The van der Waals surface area contributed by atoms with Gasteiger partial charge in [0.15, 0.2) is 0 Å². The Morgan fingerprint density at radius 3 is 2.33 bits per heavy atom. The van der Waals surface area contributed by atoms with E-state index in [0.29, 0.717) is 16.9 Å². The summed E-state index contributed by atoms with van der Waals surface area (Å²) in [5.74, 6) is 0. The molecule has 0 amide bonds. The highest BCUT2D eigenvalue weighted by atomic mass is 15.2. The van der Waals surface area contributed by atoms with Crippen molar-refractivity contribution in [3.05, 3.63) is 0 Å². The van der Waals surface area contributed by atoms with Gasteiger partial charge in [-0.1, -0.05) is 34.6 Å². The van der Waals surface area contributed by atoms with Crippen LogP contribution in [0.5, 0.6) is 0 Å². The number of nitrogens with one attached hydrogen (secondary N) is 1. The Kier molecular flexibility index (Phi) is 4.08. The fraction of sp³-hybridized carbons (Fsp3) is 1.00. The molecule has 1 saturated carbocycles. The second-order valence-corrected chi connectivity index (χ2v) is 7.67. The molecule has 1 saturated heterocycles. The van der Waals surface area contributed by atoms with Gasteiger partial charge in [0, 0.05) is 31.7 Å². The van der Waals surface area contributed by atoms with Gasteiger partial charge in [0.1, 0.15) is 0 Å². The zero-order chi connectivity index (χ0) is 13.4. The third-order valence-corrected chi connectivity index (χ3v) is 5.30. The van der Waals surface area contributed by atoms with E-state index in [4.69, 9.17) is 0 Å². The van der Waals surface area contributed by atoms with Gasteiger partial charge in [-0.15, -0.1) is 0 Å². The molecule has 2 nitrogen and oxygen atoms in total. The summed E-state index contributed by atoms with van der Waals surface area (Å²) in [5, 5.41) is 3.77. The van der Waals surface area contributed by atoms with Crippen LogP contribution in [0, 0.1) is 10.8 Å². The molecule has 1 aliphatic carbocycles. The van der Waals surface area contributed by atoms with Gasteiger partial charge in [-0.2, -0.15) is 0 Å². The normalized spacial score (nSPS) is 32.5. The van der Waals surface area contributed by atoms with Crippen molar-refractivity contribution >= 4 is 0 Å². The minimum absolute atomic E-state index is 0.375. The van der Waals surface area contributed by atoms with Crippen LogP contribution in [0.4, 0.5) is 0 Å². The maximum absolute atomic E-state index is 3.77. The predicted octanol–water partition coefficient (Wildman–Crippen LogP) is 3.28. The van der Waals surface area contributed by atoms with Crippen LogP contribution in [0.1, 0.15) is 60.3 Å². The molecule has 2 heteroatoms. The van der Waals surface area contributed by atoms with Crippen molar-refractivity contribution in [1.82, 2.24) is 10.2 Å². The molecule has 1 N–H and O–H groups in total. The molecular formula is C16H32N2. The quantitative estimate of drug-likeness (QED) is 0.826. The zero-order valence-electron chi connectivity index (χ0n) is 13.1. The first-order valence-electron chi connectivity index (χ1n) is 7.87. The average molecular weight is 252 g/mol. The number of hydrogen-bond donors (Lipinski definition) is 1. The molecule has 106 valence electrons. The van der Waals surface area contributed by atoms with E-state index in [1.165, 1.54) is 45.3 Å². The molecule has 0 spiro atoms. The van der Waals surface area contributed by atoms with E-state index < -0.39 is 0 Å². The molecule has 18 heavy (non-hydrogen) atoms. The number of rotatable bonds is 4. The maximum Gasteiger partial charge on any atom is 0.0244 e. The summed E-state index contributed by atoms with van der Waals surface area (Å²) in [4.78, 5) is 2.79. The van der Waals surface area contributed by atoms with Gasteiger partial charge in [0.25, 0.3) is 0 Å². The first-order chi connectivity index (χ1) is 8.40. The molecule has 1 aliphatic heterocycles. The van der Waals surface area contributed by atoms with Gasteiger partial charge < -0.3 is 5.32 Å². The summed E-state index contributed by atoms with van der Waals surface area (Å²) < 4.78 is 0. The molecule has 2 fully saturated rings. The van der Waals surface area contributed by atoms with Crippen LogP contribution in [0.3, 0.4) is 0 Å². The molecule has 0 aromatic heterocycles. The van der Waals surface area contributed by atoms with Gasteiger partial charge in [-0.25, -0.2) is 0 Å². The van der Waals surface area contributed by atoms with Crippen LogP contribution in [-0.2, 0) is 0 Å². The van der Waals surface area contributed by atoms with Crippen LogP contribution in [0.2, 0.25) is 0 Å². The highest BCUT2D eigenvalue weighted by Gasteiger charge is 2.44. The van der Waals surface area contributed by atoms with Crippen molar-refractivity contribution in [2.45, 2.75) is 72.4 Å². The fourth-order valence-corrected chi connectivity index (χ4v) is 3.26. The second kappa shape index (κ2) is 5.13. The Morgan fingerprint density at radius 1 is 1.22 bits per heavy atom. The SMILES string of the molecule is CCC1CNC(C(C)(C)C)CN1CC1(CC)CC1. The van der Waals surface area contributed by atoms with E-state index in [1.54, 1.807) is 0 Å². The van der Waals surface area contributed by atoms with Crippen molar-refractivity contribution < 1.29 is 0 Å². The lowest BCUT2D eigenvalue weighted by molar-refractivity contribution is 0.0650. The van der Waals surface area contributed by atoms with Crippen molar-refractivity contribution in [3.8, 4) is 0 Å². The van der Waals surface area contributed by atoms with E-state index in [0.717, 1.165) is 6.04 Å². The summed E-state index contributed by atoms with van der Waals surface area (Å²) in [6.45, 7) is 15.6. The second-order valence-electron chi connectivity index (χ2n) is 7.67. The van der Waals surface area contributed by atoms with Crippen molar-refractivity contribution in [2.24, 2.45) is 10.8 Å². The Morgan fingerprint density at radius 2 is 1.89 bits per heavy atom. The van der Waals surface area contributed by atoms with Crippen LogP contribution in [0.25, 0.3) is 0 Å². The fourth-order valence-electron chi connectivity index (χ4n) is 3.26. The van der Waals surface area contributed by atoms with Gasteiger partial charge >= 0.3 is 0 Å². The third-order valence-electron chi connectivity index (χ3n) is 5.30. The van der Waals surface area contributed by atoms with E-state index in [2.05, 4.69) is 44.8 Å². The molecule has 1 heterocycles. The maximum atomic E-state index is 3.77. The summed E-state index contributed by atoms with van der Waals surface area (Å²) in [6.07, 6.45) is 5.57. The van der Waals surface area contributed by atoms with Crippen LogP contribution in [0.15, 0.2) is 0 Å². The Balaban J connectivity index is 1.99. The van der Waals surface area contributed by atoms with E-state index in [-0.39, 0.29) is 0 Å². The molecule has 2 atom stereocenters. The summed E-state index contributed by atoms with van der Waals surface area (Å²) in [7, 11) is 0. The number of piperazine rings is 1. The van der Waals surface area contributed by atoms with E-state index >= 15 is 0 Å². The minimum Gasteiger partial charge on any atom is -0.311 e.